The van der Waals surface area contributed by atoms with Crippen molar-refractivity contribution in [3.63, 3.8) is 0 Å². The average Bonchev–Trinajstić information content (AvgIpc) is 2.74. The van der Waals surface area contributed by atoms with Crippen molar-refractivity contribution in [3.8, 4) is 0 Å². The smallest absolute Gasteiger partial charge is 0.168 e. The molecule has 0 aromatic heterocycles. The molecule has 0 unspecified atom stereocenters. The molecular weight excluding hydrogens is 356 g/mol. The van der Waals surface area contributed by atoms with Crippen LogP contribution in [0.2, 0.25) is 0 Å². The molecule has 2 heteroatoms. The van der Waals surface area contributed by atoms with Crippen LogP contribution in [0.15, 0.2) is 72.5 Å². The Hall–Kier alpha value is -2.48. The molecule has 1 aliphatic carbocycles. The number of hydrogen-bond donors (Lipinski definition) is 0. The molecule has 0 heterocycles. The van der Waals surface area contributed by atoms with E-state index in [0.29, 0.717) is 17.8 Å². The molecule has 29 heavy (non-hydrogen) atoms. The second-order valence-electron chi connectivity index (χ2n) is 8.49. The van der Waals surface area contributed by atoms with Crippen LogP contribution in [0.3, 0.4) is 0 Å². The van der Waals surface area contributed by atoms with Crippen molar-refractivity contribution >= 4 is 11.8 Å². The second kappa shape index (κ2) is 10.3. The van der Waals surface area contributed by atoms with Gasteiger partial charge in [0.05, 0.1) is 7.11 Å². The normalized spacial score (nSPS) is 23.1. The molecule has 1 fully saturated rings. The first kappa shape index (κ1) is 21.2. The van der Waals surface area contributed by atoms with E-state index in [4.69, 9.17) is 9.47 Å². The standard InChI is InChI=1S/C27H34O2/c1-20(2)24-17-15-21(3)19-26(24)29-27(23-13-9-6-10-14-23)25(28-4)18-16-22-11-7-5-8-12-22/h5-14,16,18,20-21,24,26H,15,17,19H2,1-4H3/b18-16+,27-25-/t21-,24+,26-/m1/s1. The topological polar surface area (TPSA) is 18.5 Å². The summed E-state index contributed by atoms with van der Waals surface area (Å²) in [6.45, 7) is 6.97. The summed E-state index contributed by atoms with van der Waals surface area (Å²) in [6.07, 6.45) is 7.93. The average molecular weight is 391 g/mol. The molecule has 3 atom stereocenters. The fraction of sp³-hybridized carbons (Fsp3) is 0.407. The zero-order chi connectivity index (χ0) is 20.6. The molecule has 0 aliphatic heterocycles. The highest BCUT2D eigenvalue weighted by Crippen LogP contribution is 2.38. The number of rotatable bonds is 7. The third kappa shape index (κ3) is 5.76. The molecule has 3 rings (SSSR count). The Balaban J connectivity index is 1.97. The van der Waals surface area contributed by atoms with Gasteiger partial charge in [0.2, 0.25) is 0 Å². The van der Waals surface area contributed by atoms with E-state index in [1.807, 2.05) is 30.3 Å². The zero-order valence-electron chi connectivity index (χ0n) is 18.2. The molecule has 1 aliphatic rings. The third-order valence-corrected chi connectivity index (χ3v) is 5.94. The Labute approximate surface area is 176 Å². The Morgan fingerprint density at radius 1 is 0.966 bits per heavy atom. The van der Waals surface area contributed by atoms with E-state index in [0.717, 1.165) is 29.1 Å². The summed E-state index contributed by atoms with van der Waals surface area (Å²) in [6, 6.07) is 20.6. The Morgan fingerprint density at radius 2 is 1.62 bits per heavy atom. The van der Waals surface area contributed by atoms with Crippen molar-refractivity contribution in [1.29, 1.82) is 0 Å². The van der Waals surface area contributed by atoms with E-state index in [9.17, 15) is 0 Å². The van der Waals surface area contributed by atoms with E-state index < -0.39 is 0 Å². The highest BCUT2D eigenvalue weighted by molar-refractivity contribution is 5.67. The number of methoxy groups -OCH3 is 1. The summed E-state index contributed by atoms with van der Waals surface area (Å²) < 4.78 is 12.6. The van der Waals surface area contributed by atoms with Gasteiger partial charge in [0, 0.05) is 5.56 Å². The van der Waals surface area contributed by atoms with Crippen LogP contribution in [0.1, 0.15) is 51.2 Å². The zero-order valence-corrected chi connectivity index (χ0v) is 18.2. The lowest BCUT2D eigenvalue weighted by atomic mass is 9.75. The predicted octanol–water partition coefficient (Wildman–Crippen LogP) is 7.19. The van der Waals surface area contributed by atoms with Crippen molar-refractivity contribution in [2.24, 2.45) is 17.8 Å². The number of hydrogen-bond acceptors (Lipinski definition) is 2. The molecule has 0 radical (unpaired) electrons. The Morgan fingerprint density at radius 3 is 2.24 bits per heavy atom. The van der Waals surface area contributed by atoms with Gasteiger partial charge in [0.25, 0.3) is 0 Å². The molecule has 0 N–H and O–H groups in total. The predicted molar refractivity (Wildman–Crippen MR) is 122 cm³/mol. The van der Waals surface area contributed by atoms with Crippen LogP contribution in [0.25, 0.3) is 11.8 Å². The fourth-order valence-corrected chi connectivity index (χ4v) is 4.23. The number of ether oxygens (including phenoxy) is 2. The van der Waals surface area contributed by atoms with Gasteiger partial charge < -0.3 is 9.47 Å². The van der Waals surface area contributed by atoms with Gasteiger partial charge >= 0.3 is 0 Å². The minimum absolute atomic E-state index is 0.212. The Bertz CT molecular complexity index is 805. The maximum atomic E-state index is 6.77. The maximum Gasteiger partial charge on any atom is 0.168 e. The maximum absolute atomic E-state index is 6.77. The number of benzene rings is 2. The quantitative estimate of drug-likeness (QED) is 0.368. The van der Waals surface area contributed by atoms with E-state index in [-0.39, 0.29) is 6.10 Å². The van der Waals surface area contributed by atoms with E-state index >= 15 is 0 Å². The first-order valence-electron chi connectivity index (χ1n) is 10.8. The molecule has 0 bridgehead atoms. The second-order valence-corrected chi connectivity index (χ2v) is 8.49. The molecule has 2 nitrogen and oxygen atoms in total. The minimum atomic E-state index is 0.212. The SMILES string of the molecule is COC(/C=C/c1ccccc1)=C(\O[C@@H]1C[C@H](C)CC[C@H]1C(C)C)c1ccccc1. The highest BCUT2D eigenvalue weighted by Gasteiger charge is 2.33. The van der Waals surface area contributed by atoms with E-state index in [1.54, 1.807) is 7.11 Å². The first-order chi connectivity index (χ1) is 14.1. The van der Waals surface area contributed by atoms with Gasteiger partial charge in [0.15, 0.2) is 11.5 Å². The molecule has 0 spiro atoms. The summed E-state index contributed by atoms with van der Waals surface area (Å²) in [5.74, 6) is 3.47. The fourth-order valence-electron chi connectivity index (χ4n) is 4.23. The Kier molecular flexibility index (Phi) is 7.57. The minimum Gasteiger partial charge on any atom is -0.493 e. The van der Waals surface area contributed by atoms with Gasteiger partial charge in [-0.1, -0.05) is 93.9 Å². The summed E-state index contributed by atoms with van der Waals surface area (Å²) >= 11 is 0. The van der Waals surface area contributed by atoms with Gasteiger partial charge in [-0.25, -0.2) is 0 Å². The lowest BCUT2D eigenvalue weighted by molar-refractivity contribution is 0.0229. The largest absolute Gasteiger partial charge is 0.493 e. The third-order valence-electron chi connectivity index (χ3n) is 5.94. The summed E-state index contributed by atoms with van der Waals surface area (Å²) in [7, 11) is 1.72. The van der Waals surface area contributed by atoms with Gasteiger partial charge in [0.1, 0.15) is 6.10 Å². The lowest BCUT2D eigenvalue weighted by Gasteiger charge is -2.38. The molecule has 2 aromatic rings. The van der Waals surface area contributed by atoms with E-state index in [2.05, 4.69) is 63.2 Å². The van der Waals surface area contributed by atoms with Crippen molar-refractivity contribution in [3.05, 3.63) is 83.6 Å². The van der Waals surface area contributed by atoms with Crippen LogP contribution in [0, 0.1) is 17.8 Å². The van der Waals surface area contributed by atoms with Crippen LogP contribution in [0.5, 0.6) is 0 Å². The highest BCUT2D eigenvalue weighted by atomic mass is 16.5. The van der Waals surface area contributed by atoms with Gasteiger partial charge in [-0.05, 0) is 42.2 Å². The van der Waals surface area contributed by atoms with Crippen molar-refractivity contribution in [2.45, 2.75) is 46.1 Å². The van der Waals surface area contributed by atoms with Crippen LogP contribution in [-0.2, 0) is 9.47 Å². The number of allylic oxidation sites excluding steroid dienone is 1. The molecule has 0 amide bonds. The van der Waals surface area contributed by atoms with Crippen molar-refractivity contribution < 1.29 is 9.47 Å². The lowest BCUT2D eigenvalue weighted by Crippen LogP contribution is -2.34. The van der Waals surface area contributed by atoms with Crippen LogP contribution >= 0.6 is 0 Å². The summed E-state index contributed by atoms with van der Waals surface area (Å²) in [5, 5.41) is 0. The van der Waals surface area contributed by atoms with Gasteiger partial charge in [-0.2, -0.15) is 0 Å². The van der Waals surface area contributed by atoms with E-state index in [1.165, 1.54) is 12.8 Å². The molecule has 2 aromatic carbocycles. The first-order valence-corrected chi connectivity index (χ1v) is 10.8. The summed E-state index contributed by atoms with van der Waals surface area (Å²) in [4.78, 5) is 0. The molecule has 0 saturated heterocycles. The van der Waals surface area contributed by atoms with Gasteiger partial charge in [-0.3, -0.25) is 0 Å². The van der Waals surface area contributed by atoms with Gasteiger partial charge in [-0.15, -0.1) is 0 Å². The van der Waals surface area contributed by atoms with Crippen LogP contribution in [-0.4, -0.2) is 13.2 Å². The van der Waals surface area contributed by atoms with Crippen molar-refractivity contribution in [2.75, 3.05) is 7.11 Å². The van der Waals surface area contributed by atoms with Crippen LogP contribution < -0.4 is 0 Å². The molecule has 1 saturated carbocycles. The molecular formula is C27H34O2. The molecule has 154 valence electrons. The summed E-state index contributed by atoms with van der Waals surface area (Å²) in [5.41, 5.74) is 2.20. The van der Waals surface area contributed by atoms with Crippen LogP contribution in [0.4, 0.5) is 0 Å². The van der Waals surface area contributed by atoms with Crippen molar-refractivity contribution in [1.82, 2.24) is 0 Å². The monoisotopic (exact) mass is 390 g/mol.